The van der Waals surface area contributed by atoms with Crippen molar-refractivity contribution in [3.63, 3.8) is 0 Å². The average Bonchev–Trinajstić information content (AvgIpc) is 2.61. The van der Waals surface area contributed by atoms with Gasteiger partial charge in [-0.3, -0.25) is 4.99 Å². The second kappa shape index (κ2) is 7.80. The molecule has 0 saturated heterocycles. The van der Waals surface area contributed by atoms with Crippen LogP contribution in [0.2, 0.25) is 0 Å². The summed E-state index contributed by atoms with van der Waals surface area (Å²) in [5.74, 6) is 0. The Morgan fingerprint density at radius 1 is 0.913 bits per heavy atom. The lowest BCUT2D eigenvalue weighted by molar-refractivity contribution is 0.800. The van der Waals surface area contributed by atoms with Crippen LogP contribution in [0.25, 0.3) is 0 Å². The number of hydrogen-bond acceptors (Lipinski definition) is 2. The number of para-hydroxylation sites is 2. The van der Waals surface area contributed by atoms with Gasteiger partial charge in [-0.25, -0.2) is 0 Å². The van der Waals surface area contributed by atoms with Gasteiger partial charge in [-0.1, -0.05) is 48.0 Å². The molecule has 2 aromatic rings. The summed E-state index contributed by atoms with van der Waals surface area (Å²) in [5.41, 5.74) is 4.25. The second-order valence-corrected chi connectivity index (χ2v) is 5.84. The van der Waals surface area contributed by atoms with Crippen molar-refractivity contribution < 1.29 is 0 Å². The number of nitrogens with one attached hydrogen (secondary N) is 1. The van der Waals surface area contributed by atoms with Crippen LogP contribution in [-0.2, 0) is 0 Å². The van der Waals surface area contributed by atoms with Gasteiger partial charge < -0.3 is 5.32 Å². The molecule has 23 heavy (non-hydrogen) atoms. The van der Waals surface area contributed by atoms with Gasteiger partial charge in [0.05, 0.1) is 5.69 Å². The van der Waals surface area contributed by atoms with Gasteiger partial charge in [-0.05, 0) is 54.7 Å². The molecular weight excluding hydrogens is 304 g/mol. The maximum atomic E-state index is 6.56. The van der Waals surface area contributed by atoms with Gasteiger partial charge in [-0.15, -0.1) is 0 Å². The molecule has 3 heteroatoms. The van der Waals surface area contributed by atoms with Crippen LogP contribution in [0, 0.1) is 0 Å². The zero-order valence-corrected chi connectivity index (χ0v) is 13.6. The van der Waals surface area contributed by atoms with E-state index in [0.717, 1.165) is 46.8 Å². The average molecular weight is 323 g/mol. The van der Waals surface area contributed by atoms with Gasteiger partial charge in [-0.2, -0.15) is 0 Å². The lowest BCUT2D eigenvalue weighted by atomic mass is 9.96. The van der Waals surface area contributed by atoms with E-state index in [1.807, 2.05) is 73.1 Å². The van der Waals surface area contributed by atoms with E-state index in [1.165, 1.54) is 0 Å². The minimum Gasteiger partial charge on any atom is -0.361 e. The molecule has 3 rings (SSSR count). The molecule has 0 unspecified atom stereocenters. The molecule has 0 spiro atoms. The molecule has 0 heterocycles. The summed E-state index contributed by atoms with van der Waals surface area (Å²) in [6.45, 7) is 0. The van der Waals surface area contributed by atoms with Crippen molar-refractivity contribution in [3.8, 4) is 0 Å². The Morgan fingerprint density at radius 2 is 1.61 bits per heavy atom. The Labute approximate surface area is 142 Å². The summed E-state index contributed by atoms with van der Waals surface area (Å²) in [6.07, 6.45) is 6.95. The smallest absolute Gasteiger partial charge is 0.0629 e. The fourth-order valence-corrected chi connectivity index (χ4v) is 2.82. The lowest BCUT2D eigenvalue weighted by Crippen LogP contribution is -2.02. The van der Waals surface area contributed by atoms with Crippen LogP contribution in [0.5, 0.6) is 0 Å². The van der Waals surface area contributed by atoms with E-state index >= 15 is 0 Å². The molecule has 1 aliphatic rings. The number of rotatable bonds is 4. The molecule has 0 saturated carbocycles. The van der Waals surface area contributed by atoms with Crippen molar-refractivity contribution in [1.29, 1.82) is 0 Å². The summed E-state index contributed by atoms with van der Waals surface area (Å²) in [6, 6.07) is 20.0. The molecule has 1 aliphatic carbocycles. The van der Waals surface area contributed by atoms with Crippen LogP contribution in [0.4, 0.5) is 11.4 Å². The van der Waals surface area contributed by atoms with Gasteiger partial charge in [0.2, 0.25) is 0 Å². The van der Waals surface area contributed by atoms with Gasteiger partial charge in [0.1, 0.15) is 0 Å². The Hall–Kier alpha value is -2.32. The second-order valence-electron chi connectivity index (χ2n) is 5.47. The highest BCUT2D eigenvalue weighted by molar-refractivity contribution is 6.33. The summed E-state index contributed by atoms with van der Waals surface area (Å²) >= 11 is 6.56. The number of halogens is 1. The van der Waals surface area contributed by atoms with E-state index in [0.29, 0.717) is 0 Å². The Bertz CT molecular complexity index is 731. The first-order valence-corrected chi connectivity index (χ1v) is 8.19. The van der Waals surface area contributed by atoms with Crippen LogP contribution < -0.4 is 5.32 Å². The predicted octanol–water partition coefficient (Wildman–Crippen LogP) is 6.06. The van der Waals surface area contributed by atoms with Crippen molar-refractivity contribution in [2.45, 2.75) is 19.3 Å². The van der Waals surface area contributed by atoms with Gasteiger partial charge >= 0.3 is 0 Å². The number of benzene rings is 2. The van der Waals surface area contributed by atoms with E-state index in [9.17, 15) is 0 Å². The molecule has 0 radical (unpaired) electrons. The molecule has 2 aromatic carbocycles. The molecular formula is C20H19ClN2. The van der Waals surface area contributed by atoms with Gasteiger partial charge in [0.15, 0.2) is 0 Å². The lowest BCUT2D eigenvalue weighted by Gasteiger charge is -2.17. The molecule has 0 aliphatic heterocycles. The molecule has 1 N–H and O–H groups in total. The van der Waals surface area contributed by atoms with Crippen LogP contribution in [0.15, 0.2) is 88.0 Å². The SMILES string of the molecule is ClC1=C(C=Nc2ccccc2)CCC/C1=C/Nc1ccccc1. The Kier molecular flexibility index (Phi) is 5.28. The quantitative estimate of drug-likeness (QED) is 0.679. The fraction of sp³-hybridized carbons (Fsp3) is 0.150. The third kappa shape index (κ3) is 4.33. The number of nitrogens with zero attached hydrogens (tertiary/aromatic N) is 1. The highest BCUT2D eigenvalue weighted by atomic mass is 35.5. The Morgan fingerprint density at radius 3 is 2.35 bits per heavy atom. The standard InChI is InChI=1S/C20H19ClN2/c21-20-16(14-22-18-10-3-1-4-11-18)8-7-9-17(20)15-23-19-12-5-2-6-13-19/h1-6,10-15,22H,7-9H2/b16-14-,23-15?. The normalized spacial score (nSPS) is 17.0. The number of allylic oxidation sites excluding steroid dienone is 3. The Balaban J connectivity index is 1.76. The minimum absolute atomic E-state index is 0.819. The fourth-order valence-electron chi connectivity index (χ4n) is 2.52. The van der Waals surface area contributed by atoms with Gasteiger partial charge in [0, 0.05) is 23.1 Å². The first-order chi connectivity index (χ1) is 11.3. The molecule has 0 amide bonds. The number of hydrogen-bond donors (Lipinski definition) is 1. The monoisotopic (exact) mass is 322 g/mol. The van der Waals surface area contributed by atoms with Crippen molar-refractivity contribution in [2.24, 2.45) is 4.99 Å². The van der Waals surface area contributed by atoms with Crippen molar-refractivity contribution >= 4 is 29.2 Å². The van der Waals surface area contributed by atoms with Gasteiger partial charge in [0.25, 0.3) is 0 Å². The molecule has 0 fully saturated rings. The molecule has 2 nitrogen and oxygen atoms in total. The van der Waals surface area contributed by atoms with E-state index in [2.05, 4.69) is 10.3 Å². The topological polar surface area (TPSA) is 24.4 Å². The summed E-state index contributed by atoms with van der Waals surface area (Å²) < 4.78 is 0. The number of aliphatic imine (C=N–C) groups is 1. The third-order valence-electron chi connectivity index (χ3n) is 3.77. The van der Waals surface area contributed by atoms with Crippen LogP contribution in [-0.4, -0.2) is 6.21 Å². The van der Waals surface area contributed by atoms with Crippen molar-refractivity contribution in [2.75, 3.05) is 5.32 Å². The van der Waals surface area contributed by atoms with Crippen LogP contribution in [0.1, 0.15) is 19.3 Å². The molecule has 0 bridgehead atoms. The van der Waals surface area contributed by atoms with Crippen LogP contribution in [0.3, 0.4) is 0 Å². The molecule has 116 valence electrons. The first-order valence-electron chi connectivity index (χ1n) is 7.82. The summed E-state index contributed by atoms with van der Waals surface area (Å²) in [5, 5.41) is 4.13. The number of anilines is 1. The van der Waals surface area contributed by atoms with E-state index in [4.69, 9.17) is 11.6 Å². The van der Waals surface area contributed by atoms with E-state index in [1.54, 1.807) is 0 Å². The maximum absolute atomic E-state index is 6.56. The van der Waals surface area contributed by atoms with E-state index < -0.39 is 0 Å². The third-order valence-corrected chi connectivity index (χ3v) is 4.25. The van der Waals surface area contributed by atoms with Crippen molar-refractivity contribution in [1.82, 2.24) is 0 Å². The van der Waals surface area contributed by atoms with Crippen LogP contribution >= 0.6 is 11.6 Å². The molecule has 0 atom stereocenters. The highest BCUT2D eigenvalue weighted by Gasteiger charge is 2.14. The zero-order valence-electron chi connectivity index (χ0n) is 12.9. The van der Waals surface area contributed by atoms with Crippen molar-refractivity contribution in [3.05, 3.63) is 83.0 Å². The maximum Gasteiger partial charge on any atom is 0.0629 e. The largest absolute Gasteiger partial charge is 0.361 e. The predicted molar refractivity (Wildman–Crippen MR) is 99.5 cm³/mol. The van der Waals surface area contributed by atoms with E-state index in [-0.39, 0.29) is 0 Å². The first kappa shape index (κ1) is 15.6. The summed E-state index contributed by atoms with van der Waals surface area (Å²) in [4.78, 5) is 4.52. The zero-order chi connectivity index (χ0) is 15.9. The molecule has 0 aromatic heterocycles. The summed E-state index contributed by atoms with van der Waals surface area (Å²) in [7, 11) is 0. The highest BCUT2D eigenvalue weighted by Crippen LogP contribution is 2.32. The minimum atomic E-state index is 0.819.